The predicted octanol–water partition coefficient (Wildman–Crippen LogP) is 4.22. The van der Waals surface area contributed by atoms with Crippen LogP contribution in [0, 0.1) is 0 Å². The summed E-state index contributed by atoms with van der Waals surface area (Å²) in [5.74, 6) is 1.37. The Hall–Kier alpha value is 0.310. The minimum atomic E-state index is 0.770. The van der Waals surface area contributed by atoms with Gasteiger partial charge in [0.05, 0.1) is 0 Å². The van der Waals surface area contributed by atoms with E-state index in [9.17, 15) is 0 Å². The fourth-order valence-corrected chi connectivity index (χ4v) is 4.08. The third-order valence-electron chi connectivity index (χ3n) is 3.65. The standard InChI is InChI=1S/C14H29NS/c1-3-4-9-12-16-14-11-8-6-5-7-10-13(14)15-2/h13-15H,3-12H2,1-2H3. The van der Waals surface area contributed by atoms with Crippen molar-refractivity contribution in [3.05, 3.63) is 0 Å². The fraction of sp³-hybridized carbons (Fsp3) is 1.00. The molecule has 0 bridgehead atoms. The number of unbranched alkanes of at least 4 members (excludes halogenated alkanes) is 2. The summed E-state index contributed by atoms with van der Waals surface area (Å²) in [6, 6.07) is 0.770. The highest BCUT2D eigenvalue weighted by molar-refractivity contribution is 7.99. The molecule has 1 rings (SSSR count). The van der Waals surface area contributed by atoms with Crippen LogP contribution in [0.25, 0.3) is 0 Å². The van der Waals surface area contributed by atoms with Crippen molar-refractivity contribution in [2.45, 2.75) is 76.0 Å². The van der Waals surface area contributed by atoms with Gasteiger partial charge in [-0.05, 0) is 32.1 Å². The maximum atomic E-state index is 3.54. The van der Waals surface area contributed by atoms with Crippen LogP contribution in [0.15, 0.2) is 0 Å². The molecule has 0 aromatic rings. The van der Waals surface area contributed by atoms with Crippen LogP contribution in [0.5, 0.6) is 0 Å². The minimum absolute atomic E-state index is 0.770. The first-order valence-corrected chi connectivity index (χ1v) is 8.22. The van der Waals surface area contributed by atoms with Gasteiger partial charge in [-0.1, -0.05) is 45.4 Å². The summed E-state index contributed by atoms with van der Waals surface area (Å²) in [5.41, 5.74) is 0. The normalized spacial score (nSPS) is 27.4. The van der Waals surface area contributed by atoms with Crippen molar-refractivity contribution in [2.24, 2.45) is 0 Å². The molecule has 0 radical (unpaired) electrons. The van der Waals surface area contributed by atoms with E-state index in [0.717, 1.165) is 11.3 Å². The highest BCUT2D eigenvalue weighted by Gasteiger charge is 2.21. The lowest BCUT2D eigenvalue weighted by molar-refractivity contribution is 0.420. The van der Waals surface area contributed by atoms with E-state index in [1.165, 1.54) is 63.5 Å². The van der Waals surface area contributed by atoms with E-state index in [1.807, 2.05) is 0 Å². The lowest BCUT2D eigenvalue weighted by Crippen LogP contribution is -2.36. The van der Waals surface area contributed by atoms with E-state index < -0.39 is 0 Å². The van der Waals surface area contributed by atoms with Gasteiger partial charge in [0, 0.05) is 11.3 Å². The van der Waals surface area contributed by atoms with E-state index >= 15 is 0 Å². The first-order valence-electron chi connectivity index (χ1n) is 7.17. The van der Waals surface area contributed by atoms with E-state index in [1.54, 1.807) is 0 Å². The molecule has 1 N–H and O–H groups in total. The number of thioether (sulfide) groups is 1. The van der Waals surface area contributed by atoms with Crippen LogP contribution in [0.3, 0.4) is 0 Å². The van der Waals surface area contributed by atoms with Gasteiger partial charge in [-0.2, -0.15) is 11.8 Å². The second-order valence-electron chi connectivity index (χ2n) is 5.00. The zero-order chi connectivity index (χ0) is 11.6. The molecule has 0 amide bonds. The molecule has 96 valence electrons. The second kappa shape index (κ2) is 9.35. The molecule has 0 aromatic heterocycles. The molecule has 1 fully saturated rings. The van der Waals surface area contributed by atoms with E-state index in [0.29, 0.717) is 0 Å². The van der Waals surface area contributed by atoms with Gasteiger partial charge in [-0.15, -0.1) is 0 Å². The highest BCUT2D eigenvalue weighted by atomic mass is 32.2. The largest absolute Gasteiger partial charge is 0.316 e. The van der Waals surface area contributed by atoms with Gasteiger partial charge in [0.25, 0.3) is 0 Å². The topological polar surface area (TPSA) is 12.0 Å². The van der Waals surface area contributed by atoms with E-state index in [-0.39, 0.29) is 0 Å². The molecule has 0 spiro atoms. The Labute approximate surface area is 106 Å². The molecular formula is C14H29NS. The van der Waals surface area contributed by atoms with Crippen molar-refractivity contribution in [3.8, 4) is 0 Å². The first kappa shape index (κ1) is 14.4. The Bertz CT molecular complexity index is 161. The lowest BCUT2D eigenvalue weighted by Gasteiger charge is -2.28. The molecule has 0 heterocycles. The third-order valence-corrected chi connectivity index (χ3v) is 5.17. The van der Waals surface area contributed by atoms with Crippen molar-refractivity contribution >= 4 is 11.8 Å². The number of hydrogen-bond donors (Lipinski definition) is 1. The van der Waals surface area contributed by atoms with Crippen LogP contribution < -0.4 is 5.32 Å². The zero-order valence-corrected chi connectivity index (χ0v) is 12.0. The average molecular weight is 243 g/mol. The maximum absolute atomic E-state index is 3.54. The van der Waals surface area contributed by atoms with Crippen molar-refractivity contribution in [2.75, 3.05) is 12.8 Å². The molecule has 16 heavy (non-hydrogen) atoms. The van der Waals surface area contributed by atoms with Crippen LogP contribution in [0.2, 0.25) is 0 Å². The van der Waals surface area contributed by atoms with Gasteiger partial charge in [0.15, 0.2) is 0 Å². The zero-order valence-electron chi connectivity index (χ0n) is 11.1. The van der Waals surface area contributed by atoms with Gasteiger partial charge in [-0.25, -0.2) is 0 Å². The summed E-state index contributed by atoms with van der Waals surface area (Å²) < 4.78 is 0. The Morgan fingerprint density at radius 2 is 1.81 bits per heavy atom. The minimum Gasteiger partial charge on any atom is -0.316 e. The number of nitrogens with one attached hydrogen (secondary N) is 1. The summed E-state index contributed by atoms with van der Waals surface area (Å²) in [5, 5.41) is 4.42. The van der Waals surface area contributed by atoms with Gasteiger partial charge >= 0.3 is 0 Å². The summed E-state index contributed by atoms with van der Waals surface area (Å²) in [6.07, 6.45) is 12.8. The molecule has 2 heteroatoms. The number of hydrogen-bond acceptors (Lipinski definition) is 2. The summed E-state index contributed by atoms with van der Waals surface area (Å²) in [4.78, 5) is 0. The molecule has 0 aromatic carbocycles. The molecule has 1 nitrogen and oxygen atoms in total. The molecule has 0 aliphatic heterocycles. The van der Waals surface area contributed by atoms with Gasteiger partial charge in [0.2, 0.25) is 0 Å². The van der Waals surface area contributed by atoms with E-state index in [4.69, 9.17) is 0 Å². The van der Waals surface area contributed by atoms with Crippen molar-refractivity contribution in [1.29, 1.82) is 0 Å². The molecule has 1 saturated carbocycles. The van der Waals surface area contributed by atoms with Crippen molar-refractivity contribution < 1.29 is 0 Å². The lowest BCUT2D eigenvalue weighted by atomic mass is 9.96. The second-order valence-corrected chi connectivity index (χ2v) is 6.35. The van der Waals surface area contributed by atoms with Crippen molar-refractivity contribution in [1.82, 2.24) is 5.32 Å². The molecule has 2 atom stereocenters. The van der Waals surface area contributed by atoms with Gasteiger partial charge < -0.3 is 5.32 Å². The molecule has 1 aliphatic rings. The predicted molar refractivity (Wildman–Crippen MR) is 76.3 cm³/mol. The van der Waals surface area contributed by atoms with E-state index in [2.05, 4.69) is 31.1 Å². The number of rotatable bonds is 6. The van der Waals surface area contributed by atoms with Crippen LogP contribution in [-0.4, -0.2) is 24.1 Å². The highest BCUT2D eigenvalue weighted by Crippen LogP contribution is 2.27. The molecule has 2 unspecified atom stereocenters. The van der Waals surface area contributed by atoms with Crippen molar-refractivity contribution in [3.63, 3.8) is 0 Å². The van der Waals surface area contributed by atoms with Crippen LogP contribution >= 0.6 is 11.8 Å². The van der Waals surface area contributed by atoms with Crippen LogP contribution in [0.4, 0.5) is 0 Å². The van der Waals surface area contributed by atoms with Gasteiger partial charge in [0.1, 0.15) is 0 Å². The van der Waals surface area contributed by atoms with Gasteiger partial charge in [-0.3, -0.25) is 0 Å². The summed E-state index contributed by atoms with van der Waals surface area (Å²) >= 11 is 2.23. The Kier molecular flexibility index (Phi) is 8.40. The smallest absolute Gasteiger partial charge is 0.0201 e. The Balaban J connectivity index is 2.26. The molecule has 0 saturated heterocycles. The monoisotopic (exact) mass is 243 g/mol. The molecule has 1 aliphatic carbocycles. The summed E-state index contributed by atoms with van der Waals surface area (Å²) in [6.45, 7) is 2.29. The summed E-state index contributed by atoms with van der Waals surface area (Å²) in [7, 11) is 2.14. The quantitative estimate of drug-likeness (QED) is 0.701. The fourth-order valence-electron chi connectivity index (χ4n) is 2.57. The Morgan fingerprint density at radius 1 is 1.06 bits per heavy atom. The van der Waals surface area contributed by atoms with Crippen LogP contribution in [0.1, 0.15) is 64.7 Å². The average Bonchev–Trinajstić information content (AvgIpc) is 2.27. The Morgan fingerprint density at radius 3 is 2.50 bits per heavy atom. The first-order chi connectivity index (χ1) is 7.88. The van der Waals surface area contributed by atoms with Crippen LogP contribution in [-0.2, 0) is 0 Å². The maximum Gasteiger partial charge on any atom is 0.0201 e. The third kappa shape index (κ3) is 5.58. The molecular weight excluding hydrogens is 214 g/mol. The SMILES string of the molecule is CCCCCSC1CCCCCCC1NC.